The minimum Gasteiger partial charge on any atom is -0.346 e. The summed E-state index contributed by atoms with van der Waals surface area (Å²) in [6.45, 7) is 5.59. The predicted molar refractivity (Wildman–Crippen MR) is 120 cm³/mol. The van der Waals surface area contributed by atoms with E-state index >= 15 is 0 Å². The van der Waals surface area contributed by atoms with Crippen LogP contribution in [0.1, 0.15) is 35.7 Å². The van der Waals surface area contributed by atoms with Gasteiger partial charge in [0.05, 0.1) is 18.4 Å². The zero-order valence-corrected chi connectivity index (χ0v) is 18.2. The number of pyridine rings is 1. The second-order valence-electron chi connectivity index (χ2n) is 7.43. The largest absolute Gasteiger partial charge is 0.346 e. The smallest absolute Gasteiger partial charge is 0.244 e. The van der Waals surface area contributed by atoms with E-state index < -0.39 is 5.82 Å². The van der Waals surface area contributed by atoms with Gasteiger partial charge in [-0.05, 0) is 38.5 Å². The van der Waals surface area contributed by atoms with Crippen LogP contribution in [0.3, 0.4) is 0 Å². The number of nitrogens with zero attached hydrogens (tertiary/aromatic N) is 6. The Hall–Kier alpha value is -4.41. The molecule has 0 aromatic carbocycles. The van der Waals surface area contributed by atoms with Crippen molar-refractivity contribution in [3.63, 3.8) is 0 Å². The fourth-order valence-electron chi connectivity index (χ4n) is 3.05. The number of carbonyl (C=O) groups excluding carboxylic acids is 1. The van der Waals surface area contributed by atoms with Crippen LogP contribution in [0.5, 0.6) is 0 Å². The number of anilines is 2. The molecule has 0 saturated carbocycles. The standard InChI is InChI=1S/C22H22FN9O/c1-13-8-19(29-20-9-14(2)30-31-20)28-18(26-13)5-7-22(33)27-15(3)16-4-6-21(24-10-16)32-12-17(23)11-25-32/h4-12,15H,1-3H3,(H,27,33)(H2,26,28,29,30,31)/b7-5+/t15-/m0/s1. The van der Waals surface area contributed by atoms with E-state index in [1.54, 1.807) is 30.5 Å². The summed E-state index contributed by atoms with van der Waals surface area (Å²) < 4.78 is 14.5. The molecule has 0 spiro atoms. The van der Waals surface area contributed by atoms with Gasteiger partial charge in [-0.3, -0.25) is 9.89 Å². The molecule has 0 aliphatic heterocycles. The molecule has 4 aromatic rings. The predicted octanol–water partition coefficient (Wildman–Crippen LogP) is 3.17. The molecule has 0 radical (unpaired) electrons. The molecule has 10 nitrogen and oxygen atoms in total. The molecule has 11 heteroatoms. The first kappa shape index (κ1) is 21.8. The molecule has 0 unspecified atom stereocenters. The minimum absolute atomic E-state index is 0.295. The summed E-state index contributed by atoms with van der Waals surface area (Å²) in [5.74, 6) is 1.35. The van der Waals surface area contributed by atoms with E-state index in [2.05, 4.69) is 40.9 Å². The normalized spacial score (nSPS) is 12.1. The Morgan fingerprint density at radius 3 is 2.70 bits per heavy atom. The van der Waals surface area contributed by atoms with Gasteiger partial charge in [0, 0.05) is 35.8 Å². The van der Waals surface area contributed by atoms with Crippen LogP contribution in [0.25, 0.3) is 11.9 Å². The highest BCUT2D eigenvalue weighted by Gasteiger charge is 2.10. The average Bonchev–Trinajstić information content (AvgIpc) is 3.40. The van der Waals surface area contributed by atoms with E-state index in [1.807, 2.05) is 26.8 Å². The van der Waals surface area contributed by atoms with Gasteiger partial charge in [-0.25, -0.2) is 24.0 Å². The molecule has 168 valence electrons. The van der Waals surface area contributed by atoms with Gasteiger partial charge in [-0.2, -0.15) is 10.2 Å². The fourth-order valence-corrected chi connectivity index (χ4v) is 3.05. The van der Waals surface area contributed by atoms with Gasteiger partial charge < -0.3 is 10.6 Å². The zero-order chi connectivity index (χ0) is 23.4. The molecule has 1 atom stereocenters. The maximum Gasteiger partial charge on any atom is 0.244 e. The van der Waals surface area contributed by atoms with E-state index in [4.69, 9.17) is 0 Å². The van der Waals surface area contributed by atoms with Crippen molar-refractivity contribution in [3.8, 4) is 5.82 Å². The second-order valence-corrected chi connectivity index (χ2v) is 7.43. The molecule has 4 heterocycles. The number of amides is 1. The highest BCUT2D eigenvalue weighted by Crippen LogP contribution is 2.15. The van der Waals surface area contributed by atoms with E-state index in [0.717, 1.165) is 23.1 Å². The maximum absolute atomic E-state index is 13.1. The number of rotatable bonds is 7. The van der Waals surface area contributed by atoms with Gasteiger partial charge in [0.1, 0.15) is 5.82 Å². The van der Waals surface area contributed by atoms with Crippen LogP contribution in [0.15, 0.2) is 48.9 Å². The molecule has 4 aromatic heterocycles. The summed E-state index contributed by atoms with van der Waals surface area (Å²) in [6, 6.07) is 6.86. The molecule has 4 rings (SSSR count). The third-order valence-electron chi connectivity index (χ3n) is 4.63. The van der Waals surface area contributed by atoms with E-state index in [-0.39, 0.29) is 11.9 Å². The minimum atomic E-state index is -0.440. The number of carbonyl (C=O) groups is 1. The van der Waals surface area contributed by atoms with Crippen LogP contribution in [0.2, 0.25) is 0 Å². The lowest BCUT2D eigenvalue weighted by Crippen LogP contribution is -2.24. The zero-order valence-electron chi connectivity index (χ0n) is 18.2. The first-order chi connectivity index (χ1) is 15.9. The highest BCUT2D eigenvalue weighted by atomic mass is 19.1. The van der Waals surface area contributed by atoms with E-state index in [1.165, 1.54) is 17.0 Å². The van der Waals surface area contributed by atoms with Gasteiger partial charge in [0.25, 0.3) is 0 Å². The number of H-pyrrole nitrogens is 1. The summed E-state index contributed by atoms with van der Waals surface area (Å²) >= 11 is 0. The van der Waals surface area contributed by atoms with Crippen LogP contribution in [-0.4, -0.2) is 40.8 Å². The Kier molecular flexibility index (Phi) is 6.20. The lowest BCUT2D eigenvalue weighted by atomic mass is 10.1. The Labute approximate surface area is 189 Å². The Balaban J connectivity index is 1.38. The summed E-state index contributed by atoms with van der Waals surface area (Å²) in [5.41, 5.74) is 2.46. The Bertz CT molecular complexity index is 1290. The number of aromatic nitrogens is 7. The molecular weight excluding hydrogens is 425 g/mol. The third kappa shape index (κ3) is 5.64. The molecular formula is C22H22FN9O. The van der Waals surface area contributed by atoms with Crippen molar-refractivity contribution in [3.05, 3.63) is 77.5 Å². The van der Waals surface area contributed by atoms with Crippen LogP contribution >= 0.6 is 0 Å². The van der Waals surface area contributed by atoms with Crippen molar-refractivity contribution >= 4 is 23.6 Å². The number of aryl methyl sites for hydroxylation is 2. The van der Waals surface area contributed by atoms with Crippen molar-refractivity contribution < 1.29 is 9.18 Å². The quantitative estimate of drug-likeness (QED) is 0.372. The average molecular weight is 447 g/mol. The number of nitrogens with one attached hydrogen (secondary N) is 3. The first-order valence-electron chi connectivity index (χ1n) is 10.2. The van der Waals surface area contributed by atoms with Crippen LogP contribution in [0, 0.1) is 19.7 Å². The Morgan fingerprint density at radius 2 is 2.03 bits per heavy atom. The lowest BCUT2D eigenvalue weighted by Gasteiger charge is -2.13. The summed E-state index contributed by atoms with van der Waals surface area (Å²) in [6.07, 6.45) is 6.88. The topological polar surface area (TPSA) is 126 Å². The van der Waals surface area contributed by atoms with Crippen molar-refractivity contribution in [2.24, 2.45) is 0 Å². The van der Waals surface area contributed by atoms with Gasteiger partial charge in [-0.1, -0.05) is 6.07 Å². The van der Waals surface area contributed by atoms with E-state index in [9.17, 15) is 9.18 Å². The molecule has 0 aliphatic carbocycles. The SMILES string of the molecule is Cc1cc(Nc2cc(C)[nH]n2)nc(/C=C/C(=O)N[C@@H](C)c2ccc(-n3cc(F)cn3)nc2)n1. The molecule has 3 N–H and O–H groups in total. The monoisotopic (exact) mass is 447 g/mol. The number of hydrogen-bond donors (Lipinski definition) is 3. The van der Waals surface area contributed by atoms with Crippen molar-refractivity contribution in [2.75, 3.05) is 5.32 Å². The Morgan fingerprint density at radius 1 is 1.18 bits per heavy atom. The lowest BCUT2D eigenvalue weighted by molar-refractivity contribution is -0.117. The summed E-state index contributed by atoms with van der Waals surface area (Å²) in [7, 11) is 0. The van der Waals surface area contributed by atoms with Gasteiger partial charge in [0.2, 0.25) is 5.91 Å². The number of halogens is 1. The maximum atomic E-state index is 13.1. The second kappa shape index (κ2) is 9.39. The van der Waals surface area contributed by atoms with Crippen LogP contribution < -0.4 is 10.6 Å². The molecule has 33 heavy (non-hydrogen) atoms. The van der Waals surface area contributed by atoms with Gasteiger partial charge in [0.15, 0.2) is 23.3 Å². The number of aromatic amines is 1. The van der Waals surface area contributed by atoms with Gasteiger partial charge in [-0.15, -0.1) is 0 Å². The number of hydrogen-bond acceptors (Lipinski definition) is 7. The van der Waals surface area contributed by atoms with Crippen LogP contribution in [-0.2, 0) is 4.79 Å². The molecule has 0 fully saturated rings. The third-order valence-corrected chi connectivity index (χ3v) is 4.63. The summed E-state index contributed by atoms with van der Waals surface area (Å²) in [5, 5.41) is 16.8. The van der Waals surface area contributed by atoms with E-state index in [0.29, 0.717) is 23.3 Å². The van der Waals surface area contributed by atoms with Gasteiger partial charge >= 0.3 is 0 Å². The molecule has 0 saturated heterocycles. The summed E-state index contributed by atoms with van der Waals surface area (Å²) in [4.78, 5) is 25.4. The van der Waals surface area contributed by atoms with Crippen LogP contribution in [0.4, 0.5) is 16.0 Å². The van der Waals surface area contributed by atoms with Crippen molar-refractivity contribution in [2.45, 2.75) is 26.8 Å². The molecule has 1 amide bonds. The van der Waals surface area contributed by atoms with Crippen molar-refractivity contribution in [1.82, 2.24) is 40.2 Å². The highest BCUT2D eigenvalue weighted by molar-refractivity contribution is 5.91. The fraction of sp³-hybridized carbons (Fsp3) is 0.182. The first-order valence-corrected chi connectivity index (χ1v) is 10.2. The van der Waals surface area contributed by atoms with Crippen molar-refractivity contribution in [1.29, 1.82) is 0 Å². The molecule has 0 bridgehead atoms. The molecule has 0 aliphatic rings.